The molecule has 0 radical (unpaired) electrons. The van der Waals surface area contributed by atoms with Gasteiger partial charge in [0.1, 0.15) is 5.60 Å². The van der Waals surface area contributed by atoms with E-state index in [-0.39, 0.29) is 11.6 Å². The smallest absolute Gasteiger partial charge is 0.408 e. The van der Waals surface area contributed by atoms with Crippen molar-refractivity contribution in [2.24, 2.45) is 0 Å². The van der Waals surface area contributed by atoms with Gasteiger partial charge in [0.25, 0.3) is 0 Å². The monoisotopic (exact) mass is 310 g/mol. The molecule has 0 spiro atoms. The van der Waals surface area contributed by atoms with Crippen LogP contribution in [0.1, 0.15) is 39.3 Å². The Bertz CT molecular complexity index is 684. The van der Waals surface area contributed by atoms with Gasteiger partial charge in [-0.15, -0.1) is 0 Å². The summed E-state index contributed by atoms with van der Waals surface area (Å²) < 4.78 is 5.35. The second kappa shape index (κ2) is 5.69. The molecule has 1 saturated carbocycles. The predicted molar refractivity (Wildman–Crippen MR) is 90.0 cm³/mol. The van der Waals surface area contributed by atoms with E-state index in [2.05, 4.69) is 28.5 Å². The van der Waals surface area contributed by atoms with Crippen LogP contribution in [0.4, 0.5) is 4.79 Å². The first kappa shape index (κ1) is 15.5. The Labute approximate surface area is 136 Å². The van der Waals surface area contributed by atoms with E-state index in [4.69, 9.17) is 4.74 Å². The molecule has 1 aliphatic carbocycles. The van der Waals surface area contributed by atoms with Crippen LogP contribution in [0.5, 0.6) is 0 Å². The summed E-state index contributed by atoms with van der Waals surface area (Å²) in [7, 11) is 0. The predicted octanol–water partition coefficient (Wildman–Crippen LogP) is 4.26. The summed E-state index contributed by atoms with van der Waals surface area (Å²) in [6, 6.07) is 14.2. The third kappa shape index (κ3) is 3.70. The van der Waals surface area contributed by atoms with Crippen LogP contribution in [0.15, 0.2) is 48.7 Å². The Hall–Kier alpha value is -2.36. The van der Waals surface area contributed by atoms with Crippen LogP contribution < -0.4 is 5.32 Å². The van der Waals surface area contributed by atoms with Crippen molar-refractivity contribution in [2.45, 2.75) is 44.8 Å². The largest absolute Gasteiger partial charge is 0.444 e. The number of nitrogens with zero attached hydrogens (tertiary/aromatic N) is 1. The Kier molecular flexibility index (Phi) is 3.84. The van der Waals surface area contributed by atoms with Gasteiger partial charge in [0.05, 0.1) is 11.2 Å². The van der Waals surface area contributed by atoms with E-state index in [9.17, 15) is 4.79 Å². The number of alkyl carbamates (subject to hydrolysis) is 1. The van der Waals surface area contributed by atoms with Crippen molar-refractivity contribution in [3.8, 4) is 11.1 Å². The zero-order valence-corrected chi connectivity index (χ0v) is 13.8. The van der Waals surface area contributed by atoms with Crippen LogP contribution in [-0.4, -0.2) is 16.7 Å². The first-order valence-electron chi connectivity index (χ1n) is 7.91. The summed E-state index contributed by atoms with van der Waals surface area (Å²) >= 11 is 0. The molecule has 1 aliphatic rings. The van der Waals surface area contributed by atoms with Crippen molar-refractivity contribution in [1.82, 2.24) is 10.3 Å². The van der Waals surface area contributed by atoms with E-state index < -0.39 is 5.60 Å². The van der Waals surface area contributed by atoms with Crippen LogP contribution in [0.3, 0.4) is 0 Å². The van der Waals surface area contributed by atoms with Crippen molar-refractivity contribution in [3.05, 3.63) is 54.4 Å². The molecule has 1 amide bonds. The van der Waals surface area contributed by atoms with Gasteiger partial charge >= 0.3 is 6.09 Å². The molecule has 0 atom stereocenters. The van der Waals surface area contributed by atoms with Crippen molar-refractivity contribution in [2.75, 3.05) is 0 Å². The number of hydrogen-bond acceptors (Lipinski definition) is 3. The highest BCUT2D eigenvalue weighted by Crippen LogP contribution is 2.45. The van der Waals surface area contributed by atoms with E-state index in [1.807, 2.05) is 51.2 Å². The van der Waals surface area contributed by atoms with Gasteiger partial charge in [-0.2, -0.15) is 0 Å². The van der Waals surface area contributed by atoms with E-state index in [0.29, 0.717) is 0 Å². The number of carbonyl (C=O) groups is 1. The number of aromatic nitrogens is 1. The number of pyridine rings is 1. The summed E-state index contributed by atoms with van der Waals surface area (Å²) in [5, 5.41) is 2.98. The van der Waals surface area contributed by atoms with Crippen molar-refractivity contribution < 1.29 is 9.53 Å². The topological polar surface area (TPSA) is 51.2 Å². The molecule has 2 aromatic rings. The van der Waals surface area contributed by atoms with Crippen molar-refractivity contribution in [3.63, 3.8) is 0 Å². The summed E-state index contributed by atoms with van der Waals surface area (Å²) in [6.45, 7) is 5.58. The van der Waals surface area contributed by atoms with E-state index in [1.54, 1.807) is 0 Å². The van der Waals surface area contributed by atoms with Gasteiger partial charge in [-0.25, -0.2) is 4.79 Å². The molecular formula is C19H22N2O2. The molecule has 1 aromatic heterocycles. The normalized spacial score (nSPS) is 15.8. The van der Waals surface area contributed by atoms with Crippen LogP contribution in [0.2, 0.25) is 0 Å². The molecule has 0 saturated heterocycles. The van der Waals surface area contributed by atoms with Crippen LogP contribution in [-0.2, 0) is 10.3 Å². The first-order chi connectivity index (χ1) is 10.9. The number of amides is 1. The number of carbonyl (C=O) groups excluding carboxylic acids is 1. The van der Waals surface area contributed by atoms with Gasteiger partial charge in [0.15, 0.2) is 0 Å². The second-order valence-electron chi connectivity index (χ2n) is 7.01. The molecule has 1 N–H and O–H groups in total. The van der Waals surface area contributed by atoms with Gasteiger partial charge in [-0.05, 0) is 45.2 Å². The SMILES string of the molecule is CC(C)(C)OC(=O)NC1(c2ccc(-c3ccccc3)cn2)CC1. The van der Waals surface area contributed by atoms with Gasteiger partial charge in [-0.1, -0.05) is 36.4 Å². The molecule has 0 aliphatic heterocycles. The molecule has 0 unspecified atom stereocenters. The maximum Gasteiger partial charge on any atom is 0.408 e. The fraction of sp³-hybridized carbons (Fsp3) is 0.368. The lowest BCUT2D eigenvalue weighted by atomic mass is 10.1. The minimum absolute atomic E-state index is 0.364. The van der Waals surface area contributed by atoms with Crippen molar-refractivity contribution >= 4 is 6.09 Å². The lowest BCUT2D eigenvalue weighted by Gasteiger charge is -2.23. The number of rotatable bonds is 3. The van der Waals surface area contributed by atoms with E-state index >= 15 is 0 Å². The lowest BCUT2D eigenvalue weighted by Crippen LogP contribution is -2.39. The maximum atomic E-state index is 12.0. The molecule has 1 heterocycles. The quantitative estimate of drug-likeness (QED) is 0.921. The highest BCUT2D eigenvalue weighted by molar-refractivity contribution is 5.70. The molecule has 120 valence electrons. The number of nitrogens with one attached hydrogen (secondary N) is 1. The highest BCUT2D eigenvalue weighted by Gasteiger charge is 2.47. The fourth-order valence-corrected chi connectivity index (χ4v) is 2.55. The van der Waals surface area contributed by atoms with Gasteiger partial charge in [0, 0.05) is 11.8 Å². The summed E-state index contributed by atoms with van der Waals surface area (Å²) in [5.41, 5.74) is 2.24. The van der Waals surface area contributed by atoms with Crippen LogP contribution in [0.25, 0.3) is 11.1 Å². The molecule has 1 fully saturated rings. The zero-order chi connectivity index (χ0) is 16.5. The van der Waals surface area contributed by atoms with Crippen molar-refractivity contribution in [1.29, 1.82) is 0 Å². The fourth-order valence-electron chi connectivity index (χ4n) is 2.55. The Morgan fingerprint density at radius 1 is 1.09 bits per heavy atom. The average Bonchev–Trinajstić information content (AvgIpc) is 3.27. The Morgan fingerprint density at radius 2 is 1.78 bits per heavy atom. The lowest BCUT2D eigenvalue weighted by molar-refractivity contribution is 0.0494. The van der Waals surface area contributed by atoms with E-state index in [0.717, 1.165) is 29.7 Å². The molecule has 4 nitrogen and oxygen atoms in total. The zero-order valence-electron chi connectivity index (χ0n) is 13.8. The van der Waals surface area contributed by atoms with Crippen LogP contribution in [0, 0.1) is 0 Å². The van der Waals surface area contributed by atoms with Gasteiger partial charge in [-0.3, -0.25) is 4.98 Å². The highest BCUT2D eigenvalue weighted by atomic mass is 16.6. The second-order valence-corrected chi connectivity index (χ2v) is 7.01. The summed E-state index contributed by atoms with van der Waals surface area (Å²) in [6.07, 6.45) is 3.26. The number of hydrogen-bond donors (Lipinski definition) is 1. The standard InChI is InChI=1S/C19H22N2O2/c1-18(2,3)23-17(22)21-19(11-12-19)16-10-9-15(13-20-16)14-7-5-4-6-8-14/h4-10,13H,11-12H2,1-3H3,(H,21,22). The minimum atomic E-state index is -0.495. The summed E-state index contributed by atoms with van der Waals surface area (Å²) in [5.74, 6) is 0. The summed E-state index contributed by atoms with van der Waals surface area (Å²) in [4.78, 5) is 16.6. The Balaban J connectivity index is 1.73. The molecule has 1 aromatic carbocycles. The third-order valence-electron chi connectivity index (χ3n) is 3.85. The molecule has 23 heavy (non-hydrogen) atoms. The number of ether oxygens (including phenoxy) is 1. The molecule has 3 rings (SSSR count). The molecule has 0 bridgehead atoms. The first-order valence-corrected chi connectivity index (χ1v) is 7.91. The van der Waals surface area contributed by atoms with Gasteiger partial charge < -0.3 is 10.1 Å². The van der Waals surface area contributed by atoms with Gasteiger partial charge in [0.2, 0.25) is 0 Å². The van der Waals surface area contributed by atoms with Crippen LogP contribution >= 0.6 is 0 Å². The third-order valence-corrected chi connectivity index (χ3v) is 3.85. The maximum absolute atomic E-state index is 12.0. The molecular weight excluding hydrogens is 288 g/mol. The van der Waals surface area contributed by atoms with E-state index in [1.165, 1.54) is 0 Å². The minimum Gasteiger partial charge on any atom is -0.444 e. The number of benzene rings is 1. The molecule has 4 heteroatoms. The average molecular weight is 310 g/mol. The Morgan fingerprint density at radius 3 is 2.30 bits per heavy atom.